The first kappa shape index (κ1) is 18.0. The number of pyridine rings is 1. The van der Waals surface area contributed by atoms with E-state index in [1.807, 2.05) is 48.7 Å². The maximum absolute atomic E-state index is 12.2. The van der Waals surface area contributed by atoms with E-state index in [0.717, 1.165) is 68.4 Å². The molecule has 4 heterocycles. The highest BCUT2D eigenvalue weighted by Gasteiger charge is 2.18. The largest absolute Gasteiger partial charge is 0.310 e. The summed E-state index contributed by atoms with van der Waals surface area (Å²) in [6.07, 6.45) is 4.91. The quantitative estimate of drug-likeness (QED) is 0.566. The summed E-state index contributed by atoms with van der Waals surface area (Å²) in [5.41, 5.74) is 2.83. The highest BCUT2D eigenvalue weighted by Crippen LogP contribution is 2.11. The normalized spacial score (nSPS) is 16.0. The molecule has 7 nitrogen and oxygen atoms in total. The zero-order chi connectivity index (χ0) is 19.6. The van der Waals surface area contributed by atoms with Crippen molar-refractivity contribution in [2.75, 3.05) is 32.7 Å². The van der Waals surface area contributed by atoms with Gasteiger partial charge in [-0.2, -0.15) is 0 Å². The SMILES string of the molecule is O=c1[nH]c(CCN2CCN(Cc3cn4ccccc4n3)CC2)nc2ccccc12. The molecule has 5 rings (SSSR count). The van der Waals surface area contributed by atoms with E-state index in [9.17, 15) is 4.79 Å². The van der Waals surface area contributed by atoms with Gasteiger partial charge in [-0.05, 0) is 24.3 Å². The summed E-state index contributed by atoms with van der Waals surface area (Å²) in [6.45, 7) is 5.88. The number of nitrogens with one attached hydrogen (secondary N) is 1. The van der Waals surface area contributed by atoms with Crippen LogP contribution in [0.4, 0.5) is 0 Å². The maximum Gasteiger partial charge on any atom is 0.258 e. The summed E-state index contributed by atoms with van der Waals surface area (Å²) >= 11 is 0. The number of imidazole rings is 1. The molecular weight excluding hydrogens is 364 g/mol. The van der Waals surface area contributed by atoms with E-state index >= 15 is 0 Å². The van der Waals surface area contributed by atoms with Crippen molar-refractivity contribution < 1.29 is 0 Å². The van der Waals surface area contributed by atoms with Crippen LogP contribution in [0.5, 0.6) is 0 Å². The molecule has 0 spiro atoms. The number of para-hydroxylation sites is 1. The van der Waals surface area contributed by atoms with Gasteiger partial charge in [-0.15, -0.1) is 0 Å². The molecule has 0 bridgehead atoms. The number of aromatic amines is 1. The molecule has 0 saturated carbocycles. The van der Waals surface area contributed by atoms with Gasteiger partial charge in [-0.3, -0.25) is 9.69 Å². The summed E-state index contributed by atoms with van der Waals surface area (Å²) in [5.74, 6) is 0.765. The first-order chi connectivity index (χ1) is 14.2. The van der Waals surface area contributed by atoms with Gasteiger partial charge in [0.15, 0.2) is 0 Å². The molecule has 0 radical (unpaired) electrons. The Morgan fingerprint density at radius 2 is 1.72 bits per heavy atom. The molecule has 0 aliphatic carbocycles. The highest BCUT2D eigenvalue weighted by atomic mass is 16.1. The molecule has 0 unspecified atom stereocenters. The lowest BCUT2D eigenvalue weighted by molar-refractivity contribution is 0.127. The van der Waals surface area contributed by atoms with E-state index in [0.29, 0.717) is 5.39 Å². The minimum atomic E-state index is -0.0529. The van der Waals surface area contributed by atoms with E-state index < -0.39 is 0 Å². The van der Waals surface area contributed by atoms with Crippen LogP contribution in [0.2, 0.25) is 0 Å². The lowest BCUT2D eigenvalue weighted by Gasteiger charge is -2.34. The topological polar surface area (TPSA) is 69.5 Å². The molecule has 1 saturated heterocycles. The number of nitrogens with zero attached hydrogens (tertiary/aromatic N) is 5. The van der Waals surface area contributed by atoms with Crippen LogP contribution in [-0.4, -0.2) is 61.9 Å². The van der Waals surface area contributed by atoms with E-state index in [1.165, 1.54) is 0 Å². The third-order valence-corrected chi connectivity index (χ3v) is 5.59. The van der Waals surface area contributed by atoms with Crippen LogP contribution >= 0.6 is 0 Å². The summed E-state index contributed by atoms with van der Waals surface area (Å²) in [4.78, 5) is 29.3. The standard InChI is InChI=1S/C22H24N6O/c29-22-18-5-1-2-6-19(18)24-20(25-22)8-10-26-11-13-27(14-12-26)15-17-16-28-9-4-3-7-21(28)23-17/h1-7,9,16H,8,10-15H2,(H,24,25,29). The van der Waals surface area contributed by atoms with Gasteiger partial charge in [0.25, 0.3) is 5.56 Å². The Bertz CT molecular complexity index is 1160. The first-order valence-corrected chi connectivity index (χ1v) is 10.1. The van der Waals surface area contributed by atoms with Crippen molar-refractivity contribution in [3.8, 4) is 0 Å². The molecule has 7 heteroatoms. The van der Waals surface area contributed by atoms with Crippen LogP contribution in [0.1, 0.15) is 11.5 Å². The number of hydrogen-bond donors (Lipinski definition) is 1. The monoisotopic (exact) mass is 388 g/mol. The Kier molecular flexibility index (Phi) is 4.83. The Hall–Kier alpha value is -3.03. The van der Waals surface area contributed by atoms with Crippen molar-refractivity contribution in [1.82, 2.24) is 29.2 Å². The van der Waals surface area contributed by atoms with Crippen molar-refractivity contribution in [3.63, 3.8) is 0 Å². The molecule has 0 atom stereocenters. The molecule has 1 aliphatic heterocycles. The van der Waals surface area contributed by atoms with Gasteiger partial charge in [0.1, 0.15) is 11.5 Å². The van der Waals surface area contributed by atoms with E-state index in [-0.39, 0.29) is 5.56 Å². The van der Waals surface area contributed by atoms with E-state index in [2.05, 4.69) is 30.4 Å². The fourth-order valence-corrected chi connectivity index (χ4v) is 3.98. The molecule has 4 aromatic rings. The lowest BCUT2D eigenvalue weighted by Crippen LogP contribution is -2.46. The fourth-order valence-electron chi connectivity index (χ4n) is 3.98. The van der Waals surface area contributed by atoms with Crippen LogP contribution in [0.25, 0.3) is 16.6 Å². The summed E-state index contributed by atoms with van der Waals surface area (Å²) in [5, 5.41) is 0.650. The summed E-state index contributed by atoms with van der Waals surface area (Å²) in [6, 6.07) is 13.6. The predicted octanol–water partition coefficient (Wildman–Crippen LogP) is 1.93. The summed E-state index contributed by atoms with van der Waals surface area (Å²) in [7, 11) is 0. The smallest absolute Gasteiger partial charge is 0.258 e. The third-order valence-electron chi connectivity index (χ3n) is 5.59. The molecule has 1 aromatic carbocycles. The predicted molar refractivity (Wildman–Crippen MR) is 113 cm³/mol. The fraction of sp³-hybridized carbons (Fsp3) is 0.318. The average molecular weight is 388 g/mol. The van der Waals surface area contributed by atoms with Crippen LogP contribution in [0.15, 0.2) is 59.7 Å². The zero-order valence-corrected chi connectivity index (χ0v) is 16.3. The minimum absolute atomic E-state index is 0.0529. The molecular formula is C22H24N6O. The minimum Gasteiger partial charge on any atom is -0.310 e. The molecule has 1 fully saturated rings. The van der Waals surface area contributed by atoms with Crippen molar-refractivity contribution in [1.29, 1.82) is 0 Å². The molecule has 0 amide bonds. The number of aromatic nitrogens is 4. The second kappa shape index (κ2) is 7.77. The average Bonchev–Trinajstić information content (AvgIpc) is 3.16. The van der Waals surface area contributed by atoms with Gasteiger partial charge in [0, 0.05) is 58.1 Å². The molecule has 1 aliphatic rings. The lowest BCUT2D eigenvalue weighted by atomic mass is 10.2. The van der Waals surface area contributed by atoms with E-state index in [1.54, 1.807) is 0 Å². The van der Waals surface area contributed by atoms with Crippen LogP contribution < -0.4 is 5.56 Å². The van der Waals surface area contributed by atoms with Crippen molar-refractivity contribution >= 4 is 16.6 Å². The Morgan fingerprint density at radius 3 is 2.59 bits per heavy atom. The number of rotatable bonds is 5. The third kappa shape index (κ3) is 3.92. The highest BCUT2D eigenvalue weighted by molar-refractivity contribution is 5.77. The van der Waals surface area contributed by atoms with Crippen molar-refractivity contribution in [3.05, 3.63) is 76.7 Å². The number of piperazine rings is 1. The number of fused-ring (bicyclic) bond motifs is 2. The number of hydrogen-bond acceptors (Lipinski definition) is 5. The Morgan fingerprint density at radius 1 is 0.931 bits per heavy atom. The second-order valence-corrected chi connectivity index (χ2v) is 7.60. The van der Waals surface area contributed by atoms with Gasteiger partial charge in [-0.1, -0.05) is 18.2 Å². The summed E-state index contributed by atoms with van der Waals surface area (Å²) < 4.78 is 2.07. The van der Waals surface area contributed by atoms with Gasteiger partial charge in [0.05, 0.1) is 16.6 Å². The Balaban J connectivity index is 1.15. The van der Waals surface area contributed by atoms with Gasteiger partial charge >= 0.3 is 0 Å². The molecule has 3 aromatic heterocycles. The van der Waals surface area contributed by atoms with Crippen molar-refractivity contribution in [2.45, 2.75) is 13.0 Å². The Labute approximate surface area is 168 Å². The maximum atomic E-state index is 12.2. The zero-order valence-electron chi connectivity index (χ0n) is 16.3. The van der Waals surface area contributed by atoms with Gasteiger partial charge in [0.2, 0.25) is 0 Å². The number of H-pyrrole nitrogens is 1. The van der Waals surface area contributed by atoms with E-state index in [4.69, 9.17) is 4.98 Å². The van der Waals surface area contributed by atoms with Crippen LogP contribution in [0.3, 0.4) is 0 Å². The second-order valence-electron chi connectivity index (χ2n) is 7.60. The van der Waals surface area contributed by atoms with Crippen LogP contribution in [0, 0.1) is 0 Å². The van der Waals surface area contributed by atoms with Crippen molar-refractivity contribution in [2.24, 2.45) is 0 Å². The number of benzene rings is 1. The van der Waals surface area contributed by atoms with Gasteiger partial charge in [-0.25, -0.2) is 9.97 Å². The first-order valence-electron chi connectivity index (χ1n) is 10.1. The molecule has 1 N–H and O–H groups in total. The van der Waals surface area contributed by atoms with Crippen LogP contribution in [-0.2, 0) is 13.0 Å². The van der Waals surface area contributed by atoms with Gasteiger partial charge < -0.3 is 14.3 Å². The molecule has 29 heavy (non-hydrogen) atoms. The molecule has 148 valence electrons.